The second-order valence-electron chi connectivity index (χ2n) is 2.97. The summed E-state index contributed by atoms with van der Waals surface area (Å²) in [6.45, 7) is 1.68. The predicted octanol–water partition coefficient (Wildman–Crippen LogP) is 1.52. The molecule has 1 aliphatic carbocycles. The van der Waals surface area contributed by atoms with E-state index in [-0.39, 0.29) is 0 Å². The first-order valence-corrected chi connectivity index (χ1v) is 3.84. The standard InChI is InChI=1S/C9H11FO3/c1-6-3-4-7(8(11)12)9(10,5-6)13-2/h3-5,7H,1-2H3,(H,11,12). The molecule has 0 aromatic rings. The molecule has 0 aliphatic heterocycles. The van der Waals surface area contributed by atoms with Gasteiger partial charge < -0.3 is 9.84 Å². The minimum atomic E-state index is -2.22. The molecular formula is C9H11FO3. The van der Waals surface area contributed by atoms with E-state index in [4.69, 9.17) is 5.11 Å². The molecule has 0 saturated heterocycles. The maximum absolute atomic E-state index is 13.7. The highest BCUT2D eigenvalue weighted by molar-refractivity contribution is 5.74. The Bertz CT molecular complexity index is 283. The van der Waals surface area contributed by atoms with E-state index in [2.05, 4.69) is 4.74 Å². The van der Waals surface area contributed by atoms with E-state index in [1.807, 2.05) is 0 Å². The number of ether oxygens (including phenoxy) is 1. The minimum absolute atomic E-state index is 0.654. The van der Waals surface area contributed by atoms with Crippen LogP contribution in [0, 0.1) is 5.92 Å². The highest BCUT2D eigenvalue weighted by Gasteiger charge is 2.42. The zero-order chi connectivity index (χ0) is 10.1. The van der Waals surface area contributed by atoms with Gasteiger partial charge in [0.1, 0.15) is 5.92 Å². The average molecular weight is 186 g/mol. The summed E-state index contributed by atoms with van der Waals surface area (Å²) in [4.78, 5) is 10.6. The van der Waals surface area contributed by atoms with Crippen LogP contribution in [0.3, 0.4) is 0 Å². The van der Waals surface area contributed by atoms with Crippen molar-refractivity contribution >= 4 is 5.97 Å². The molecule has 1 rings (SSSR count). The van der Waals surface area contributed by atoms with E-state index in [9.17, 15) is 9.18 Å². The lowest BCUT2D eigenvalue weighted by molar-refractivity contribution is -0.162. The van der Waals surface area contributed by atoms with Gasteiger partial charge in [0.15, 0.2) is 0 Å². The van der Waals surface area contributed by atoms with Crippen molar-refractivity contribution in [2.75, 3.05) is 7.11 Å². The molecule has 4 heteroatoms. The Balaban J connectivity index is 3.01. The summed E-state index contributed by atoms with van der Waals surface area (Å²) in [5, 5.41) is 8.69. The first kappa shape index (κ1) is 9.92. The molecule has 0 aromatic heterocycles. The Kier molecular flexibility index (Phi) is 2.52. The molecule has 3 nitrogen and oxygen atoms in total. The summed E-state index contributed by atoms with van der Waals surface area (Å²) in [5.74, 6) is -4.71. The van der Waals surface area contributed by atoms with Gasteiger partial charge in [-0.1, -0.05) is 12.2 Å². The third-order valence-electron chi connectivity index (χ3n) is 1.98. The number of carboxylic acid groups (broad SMARTS) is 1. The van der Waals surface area contributed by atoms with Crippen LogP contribution in [0.1, 0.15) is 6.92 Å². The zero-order valence-corrected chi connectivity index (χ0v) is 7.45. The van der Waals surface area contributed by atoms with Crippen molar-refractivity contribution in [3.8, 4) is 0 Å². The summed E-state index contributed by atoms with van der Waals surface area (Å²) in [6, 6.07) is 0. The molecule has 0 aromatic carbocycles. The van der Waals surface area contributed by atoms with Crippen LogP contribution in [0.15, 0.2) is 23.8 Å². The van der Waals surface area contributed by atoms with Crippen molar-refractivity contribution in [2.24, 2.45) is 5.92 Å². The summed E-state index contributed by atoms with van der Waals surface area (Å²) in [6.07, 6.45) is 4.03. The maximum atomic E-state index is 13.7. The largest absolute Gasteiger partial charge is 0.481 e. The number of hydrogen-bond donors (Lipinski definition) is 1. The zero-order valence-electron chi connectivity index (χ0n) is 7.45. The van der Waals surface area contributed by atoms with Gasteiger partial charge in [0, 0.05) is 7.11 Å². The van der Waals surface area contributed by atoms with Gasteiger partial charge in [-0.05, 0) is 18.6 Å². The molecule has 2 atom stereocenters. The summed E-state index contributed by atoms with van der Waals surface area (Å²) in [7, 11) is 1.15. The number of alkyl halides is 1. The predicted molar refractivity (Wildman–Crippen MR) is 44.9 cm³/mol. The normalized spacial score (nSPS) is 32.8. The fourth-order valence-electron chi connectivity index (χ4n) is 1.26. The van der Waals surface area contributed by atoms with Crippen LogP contribution >= 0.6 is 0 Å². The molecule has 0 amide bonds. The number of rotatable bonds is 2. The molecule has 0 fully saturated rings. The third kappa shape index (κ3) is 1.78. The molecule has 0 bridgehead atoms. The van der Waals surface area contributed by atoms with Crippen molar-refractivity contribution in [3.63, 3.8) is 0 Å². The van der Waals surface area contributed by atoms with E-state index in [0.717, 1.165) is 7.11 Å². The van der Waals surface area contributed by atoms with E-state index >= 15 is 0 Å². The van der Waals surface area contributed by atoms with Gasteiger partial charge in [-0.25, -0.2) is 4.39 Å². The first-order valence-electron chi connectivity index (χ1n) is 3.84. The number of aliphatic carboxylic acids is 1. The fraction of sp³-hybridized carbons (Fsp3) is 0.444. The molecule has 1 N–H and O–H groups in total. The van der Waals surface area contributed by atoms with E-state index in [0.29, 0.717) is 5.57 Å². The van der Waals surface area contributed by atoms with E-state index < -0.39 is 17.7 Å². The maximum Gasteiger partial charge on any atom is 0.316 e. The van der Waals surface area contributed by atoms with Crippen LogP contribution < -0.4 is 0 Å². The van der Waals surface area contributed by atoms with E-state index in [1.165, 1.54) is 12.2 Å². The number of carboxylic acids is 1. The smallest absolute Gasteiger partial charge is 0.316 e. The summed E-state index contributed by atoms with van der Waals surface area (Å²) >= 11 is 0. The Hall–Kier alpha value is -1.16. The van der Waals surface area contributed by atoms with Crippen molar-refractivity contribution in [1.82, 2.24) is 0 Å². The summed E-state index contributed by atoms with van der Waals surface area (Å²) in [5.41, 5.74) is 0.654. The SMILES string of the molecule is COC1(F)C=C(C)C=CC1C(=O)O. The number of allylic oxidation sites excluding steroid dienone is 2. The Labute approximate surface area is 75.5 Å². The van der Waals surface area contributed by atoms with Crippen molar-refractivity contribution in [2.45, 2.75) is 12.8 Å². The van der Waals surface area contributed by atoms with Gasteiger partial charge in [0.05, 0.1) is 0 Å². The molecule has 0 radical (unpaired) electrons. The lowest BCUT2D eigenvalue weighted by atomic mass is 9.92. The van der Waals surface area contributed by atoms with Gasteiger partial charge in [0.25, 0.3) is 0 Å². The highest BCUT2D eigenvalue weighted by atomic mass is 19.2. The van der Waals surface area contributed by atoms with Gasteiger partial charge >= 0.3 is 5.97 Å². The van der Waals surface area contributed by atoms with E-state index in [1.54, 1.807) is 13.0 Å². The average Bonchev–Trinajstić information content (AvgIpc) is 2.03. The monoisotopic (exact) mass is 186 g/mol. The Morgan fingerprint density at radius 3 is 2.85 bits per heavy atom. The molecular weight excluding hydrogens is 175 g/mol. The van der Waals surface area contributed by atoms with Crippen LogP contribution in [0.2, 0.25) is 0 Å². The fourth-order valence-corrected chi connectivity index (χ4v) is 1.26. The van der Waals surface area contributed by atoms with Crippen molar-refractivity contribution in [1.29, 1.82) is 0 Å². The Morgan fingerprint density at radius 1 is 1.77 bits per heavy atom. The quantitative estimate of drug-likeness (QED) is 0.711. The molecule has 0 spiro atoms. The molecule has 1 aliphatic rings. The number of halogens is 1. The van der Waals surface area contributed by atoms with Gasteiger partial charge in [-0.3, -0.25) is 4.79 Å². The lowest BCUT2D eigenvalue weighted by Crippen LogP contribution is -2.38. The van der Waals surface area contributed by atoms with Gasteiger partial charge in [-0.2, -0.15) is 0 Å². The second-order valence-corrected chi connectivity index (χ2v) is 2.97. The molecule has 0 heterocycles. The number of methoxy groups -OCH3 is 1. The minimum Gasteiger partial charge on any atom is -0.481 e. The first-order chi connectivity index (χ1) is 5.99. The van der Waals surface area contributed by atoms with Crippen molar-refractivity contribution in [3.05, 3.63) is 23.8 Å². The topological polar surface area (TPSA) is 46.5 Å². The number of hydrogen-bond acceptors (Lipinski definition) is 2. The van der Waals surface area contributed by atoms with Crippen LogP contribution in [0.5, 0.6) is 0 Å². The van der Waals surface area contributed by atoms with Crippen LogP contribution in [-0.4, -0.2) is 24.0 Å². The number of carbonyl (C=O) groups is 1. The molecule has 13 heavy (non-hydrogen) atoms. The van der Waals surface area contributed by atoms with Crippen LogP contribution in [0.4, 0.5) is 4.39 Å². The van der Waals surface area contributed by atoms with Gasteiger partial charge in [0.2, 0.25) is 5.85 Å². The van der Waals surface area contributed by atoms with Gasteiger partial charge in [-0.15, -0.1) is 0 Å². The van der Waals surface area contributed by atoms with Crippen LogP contribution in [0.25, 0.3) is 0 Å². The molecule has 2 unspecified atom stereocenters. The highest BCUT2D eigenvalue weighted by Crippen LogP contribution is 2.31. The molecule has 72 valence electrons. The second kappa shape index (κ2) is 3.30. The van der Waals surface area contributed by atoms with Crippen molar-refractivity contribution < 1.29 is 19.0 Å². The molecule has 0 saturated carbocycles. The summed E-state index contributed by atoms with van der Waals surface area (Å²) < 4.78 is 18.3. The van der Waals surface area contributed by atoms with Crippen LogP contribution in [-0.2, 0) is 9.53 Å². The Morgan fingerprint density at radius 2 is 2.38 bits per heavy atom. The lowest BCUT2D eigenvalue weighted by Gasteiger charge is -2.27. The third-order valence-corrected chi connectivity index (χ3v) is 1.98.